The van der Waals surface area contributed by atoms with E-state index >= 15 is 0 Å². The highest BCUT2D eigenvalue weighted by Gasteiger charge is 2.28. The average molecular weight is 290 g/mol. The standard InChI is InChI=1S/C16H22N2O3/c17-14-4-2-1-3-13(14)15(19)18-12-7-5-11(6-8-12)16-20-9-10-21-16/h5-8,13-14,16H,1-4,9-10,17H2,(H,18,19). The molecule has 1 saturated heterocycles. The molecule has 1 aliphatic heterocycles. The average Bonchev–Trinajstić information content (AvgIpc) is 3.02. The quantitative estimate of drug-likeness (QED) is 0.895. The summed E-state index contributed by atoms with van der Waals surface area (Å²) in [6.45, 7) is 1.26. The van der Waals surface area contributed by atoms with Crippen molar-refractivity contribution in [3.63, 3.8) is 0 Å². The normalized spacial score (nSPS) is 26.7. The molecule has 0 radical (unpaired) electrons. The van der Waals surface area contributed by atoms with Crippen LogP contribution in [-0.4, -0.2) is 25.2 Å². The van der Waals surface area contributed by atoms with Crippen molar-refractivity contribution in [3.05, 3.63) is 29.8 Å². The Labute approximate surface area is 124 Å². The molecule has 2 fully saturated rings. The number of benzene rings is 1. The van der Waals surface area contributed by atoms with Gasteiger partial charge in [0, 0.05) is 17.3 Å². The van der Waals surface area contributed by atoms with Crippen molar-refractivity contribution >= 4 is 11.6 Å². The third kappa shape index (κ3) is 3.43. The van der Waals surface area contributed by atoms with Gasteiger partial charge < -0.3 is 20.5 Å². The van der Waals surface area contributed by atoms with E-state index < -0.39 is 0 Å². The predicted octanol–water partition coefficient (Wildman–Crippen LogP) is 2.19. The van der Waals surface area contributed by atoms with Crippen LogP contribution in [0.2, 0.25) is 0 Å². The lowest BCUT2D eigenvalue weighted by molar-refractivity contribution is -0.121. The Hall–Kier alpha value is -1.43. The molecule has 3 rings (SSSR count). The van der Waals surface area contributed by atoms with Gasteiger partial charge in [-0.05, 0) is 25.0 Å². The van der Waals surface area contributed by atoms with Crippen molar-refractivity contribution in [1.29, 1.82) is 0 Å². The number of carbonyl (C=O) groups excluding carboxylic acids is 1. The van der Waals surface area contributed by atoms with Crippen LogP contribution in [0.3, 0.4) is 0 Å². The smallest absolute Gasteiger partial charge is 0.229 e. The van der Waals surface area contributed by atoms with Gasteiger partial charge in [0.05, 0.1) is 19.1 Å². The highest BCUT2D eigenvalue weighted by Crippen LogP contribution is 2.26. The summed E-state index contributed by atoms with van der Waals surface area (Å²) in [5.74, 6) is -0.0387. The van der Waals surface area contributed by atoms with E-state index in [1.54, 1.807) is 0 Å². The fraction of sp³-hybridized carbons (Fsp3) is 0.562. The molecule has 0 bridgehead atoms. The number of anilines is 1. The fourth-order valence-corrected chi connectivity index (χ4v) is 2.99. The maximum atomic E-state index is 12.3. The van der Waals surface area contributed by atoms with Gasteiger partial charge in [-0.15, -0.1) is 0 Å². The summed E-state index contributed by atoms with van der Waals surface area (Å²) in [7, 11) is 0. The number of hydrogen-bond acceptors (Lipinski definition) is 4. The zero-order chi connectivity index (χ0) is 14.7. The molecule has 0 aromatic heterocycles. The van der Waals surface area contributed by atoms with Crippen LogP contribution in [0.25, 0.3) is 0 Å². The summed E-state index contributed by atoms with van der Waals surface area (Å²) >= 11 is 0. The SMILES string of the molecule is NC1CCCCC1C(=O)Nc1ccc(C2OCCO2)cc1. The minimum Gasteiger partial charge on any atom is -0.346 e. The number of hydrogen-bond donors (Lipinski definition) is 2. The van der Waals surface area contributed by atoms with Crippen LogP contribution in [-0.2, 0) is 14.3 Å². The molecule has 1 heterocycles. The van der Waals surface area contributed by atoms with E-state index in [-0.39, 0.29) is 24.2 Å². The molecule has 21 heavy (non-hydrogen) atoms. The number of ether oxygens (including phenoxy) is 2. The topological polar surface area (TPSA) is 73.6 Å². The number of nitrogens with two attached hydrogens (primary N) is 1. The lowest BCUT2D eigenvalue weighted by Crippen LogP contribution is -2.40. The predicted molar refractivity (Wildman–Crippen MR) is 79.7 cm³/mol. The first-order chi connectivity index (χ1) is 10.2. The van der Waals surface area contributed by atoms with Gasteiger partial charge >= 0.3 is 0 Å². The van der Waals surface area contributed by atoms with Crippen LogP contribution in [0.1, 0.15) is 37.5 Å². The molecule has 5 heteroatoms. The van der Waals surface area contributed by atoms with Gasteiger partial charge in [0.25, 0.3) is 0 Å². The molecule has 114 valence electrons. The summed E-state index contributed by atoms with van der Waals surface area (Å²) in [6, 6.07) is 7.59. The molecule has 1 amide bonds. The Kier molecular flexibility index (Phi) is 4.53. The maximum Gasteiger partial charge on any atom is 0.229 e. The van der Waals surface area contributed by atoms with Gasteiger partial charge in [-0.2, -0.15) is 0 Å². The Morgan fingerprint density at radius 1 is 1.10 bits per heavy atom. The number of amides is 1. The minimum atomic E-state index is -0.276. The van der Waals surface area contributed by atoms with Gasteiger partial charge in [-0.3, -0.25) is 4.79 Å². The van der Waals surface area contributed by atoms with E-state index in [0.29, 0.717) is 13.2 Å². The summed E-state index contributed by atoms with van der Waals surface area (Å²) in [4.78, 5) is 12.3. The first-order valence-corrected chi connectivity index (χ1v) is 7.63. The zero-order valence-corrected chi connectivity index (χ0v) is 12.1. The van der Waals surface area contributed by atoms with Crippen molar-refractivity contribution in [2.75, 3.05) is 18.5 Å². The second-order valence-electron chi connectivity index (χ2n) is 5.74. The summed E-state index contributed by atoms with van der Waals surface area (Å²) in [5, 5.41) is 2.96. The van der Waals surface area contributed by atoms with Gasteiger partial charge in [-0.25, -0.2) is 0 Å². The van der Waals surface area contributed by atoms with E-state index in [0.717, 1.165) is 36.9 Å². The molecule has 1 aromatic rings. The molecule has 2 aliphatic rings. The summed E-state index contributed by atoms with van der Waals surface area (Å²) < 4.78 is 10.9. The van der Waals surface area contributed by atoms with E-state index in [9.17, 15) is 4.79 Å². The first-order valence-electron chi connectivity index (χ1n) is 7.63. The largest absolute Gasteiger partial charge is 0.346 e. The summed E-state index contributed by atoms with van der Waals surface area (Å²) in [6.07, 6.45) is 3.76. The third-order valence-corrected chi connectivity index (χ3v) is 4.23. The summed E-state index contributed by atoms with van der Waals surface area (Å²) in [5.41, 5.74) is 7.81. The monoisotopic (exact) mass is 290 g/mol. The minimum absolute atomic E-state index is 0.0155. The highest BCUT2D eigenvalue weighted by molar-refractivity contribution is 5.93. The van der Waals surface area contributed by atoms with Crippen LogP contribution < -0.4 is 11.1 Å². The Morgan fingerprint density at radius 3 is 2.43 bits per heavy atom. The number of nitrogens with one attached hydrogen (secondary N) is 1. The van der Waals surface area contributed by atoms with Crippen molar-refractivity contribution < 1.29 is 14.3 Å². The van der Waals surface area contributed by atoms with Gasteiger partial charge in [0.1, 0.15) is 0 Å². The van der Waals surface area contributed by atoms with Crippen molar-refractivity contribution in [3.8, 4) is 0 Å². The molecule has 0 spiro atoms. The molecule has 1 saturated carbocycles. The Morgan fingerprint density at radius 2 is 1.76 bits per heavy atom. The lowest BCUT2D eigenvalue weighted by atomic mass is 9.84. The second-order valence-corrected chi connectivity index (χ2v) is 5.74. The first kappa shape index (κ1) is 14.5. The van der Waals surface area contributed by atoms with Crippen LogP contribution in [0.15, 0.2) is 24.3 Å². The van der Waals surface area contributed by atoms with E-state index in [4.69, 9.17) is 15.2 Å². The lowest BCUT2D eigenvalue weighted by Gasteiger charge is -2.27. The number of carbonyl (C=O) groups is 1. The van der Waals surface area contributed by atoms with Crippen molar-refractivity contribution in [1.82, 2.24) is 0 Å². The fourth-order valence-electron chi connectivity index (χ4n) is 2.99. The number of rotatable bonds is 3. The molecular weight excluding hydrogens is 268 g/mol. The Balaban J connectivity index is 1.60. The van der Waals surface area contributed by atoms with Crippen molar-refractivity contribution in [2.24, 2.45) is 11.7 Å². The molecular formula is C16H22N2O3. The molecule has 2 unspecified atom stereocenters. The van der Waals surface area contributed by atoms with Crippen LogP contribution in [0.4, 0.5) is 5.69 Å². The maximum absolute atomic E-state index is 12.3. The van der Waals surface area contributed by atoms with E-state index in [1.165, 1.54) is 0 Å². The Bertz CT molecular complexity index is 483. The van der Waals surface area contributed by atoms with Gasteiger partial charge in [0.15, 0.2) is 6.29 Å². The highest BCUT2D eigenvalue weighted by atomic mass is 16.7. The molecule has 1 aliphatic carbocycles. The zero-order valence-electron chi connectivity index (χ0n) is 12.1. The molecule has 3 N–H and O–H groups in total. The van der Waals surface area contributed by atoms with Crippen molar-refractivity contribution in [2.45, 2.75) is 38.0 Å². The van der Waals surface area contributed by atoms with Crippen LogP contribution in [0, 0.1) is 5.92 Å². The third-order valence-electron chi connectivity index (χ3n) is 4.23. The van der Waals surface area contributed by atoms with Gasteiger partial charge in [0.2, 0.25) is 5.91 Å². The molecule has 2 atom stereocenters. The van der Waals surface area contributed by atoms with E-state index in [1.807, 2.05) is 24.3 Å². The van der Waals surface area contributed by atoms with Crippen LogP contribution >= 0.6 is 0 Å². The van der Waals surface area contributed by atoms with Crippen LogP contribution in [0.5, 0.6) is 0 Å². The second kappa shape index (κ2) is 6.56. The van der Waals surface area contributed by atoms with E-state index in [2.05, 4.69) is 5.32 Å². The van der Waals surface area contributed by atoms with Gasteiger partial charge in [-0.1, -0.05) is 25.0 Å². The molecule has 1 aromatic carbocycles. The molecule has 5 nitrogen and oxygen atoms in total.